The SMILES string of the molecule is C.CN[C@@H](CCCCNC(=O)COCCOCCCC(=O)COCCOCCNC(=O)CC[C@H](CC(=O)CC[C@H](NC(=O)CC[C@H](NC(=O)CCCCCCCCCCCCCCCCC(=O)O)C(=O)O)C(=O)O)C(=O)O)C(=O)CO. The number of hydrogen-bond donors (Lipinski definition) is 10. The minimum absolute atomic E-state index is 0. The van der Waals surface area contributed by atoms with Crippen molar-refractivity contribution in [1.29, 1.82) is 0 Å². The Hall–Kier alpha value is -5.47. The van der Waals surface area contributed by atoms with Gasteiger partial charge in [0.05, 0.1) is 45.0 Å². The second-order valence-corrected chi connectivity index (χ2v) is 19.8. The minimum atomic E-state index is -1.53. The zero-order chi connectivity index (χ0) is 59.6. The van der Waals surface area contributed by atoms with Crippen molar-refractivity contribution in [3.63, 3.8) is 0 Å². The summed E-state index contributed by atoms with van der Waals surface area (Å²) in [5, 5.41) is 59.5. The number of aliphatic hydroxyl groups excluding tert-OH is 1. The number of hydrogen-bond acceptors (Lipinski definition) is 17. The molecule has 0 rings (SSSR count). The van der Waals surface area contributed by atoms with Crippen molar-refractivity contribution in [2.75, 3.05) is 79.6 Å². The summed E-state index contributed by atoms with van der Waals surface area (Å²) in [4.78, 5) is 132. The van der Waals surface area contributed by atoms with E-state index in [9.17, 15) is 68.1 Å². The molecule has 0 heterocycles. The molecule has 0 fully saturated rings. The van der Waals surface area contributed by atoms with E-state index in [2.05, 4.69) is 26.6 Å². The lowest BCUT2D eigenvalue weighted by molar-refractivity contribution is -0.145. The van der Waals surface area contributed by atoms with E-state index in [1.54, 1.807) is 7.05 Å². The van der Waals surface area contributed by atoms with Crippen molar-refractivity contribution in [2.45, 2.75) is 205 Å². The molecular weight excluding hydrogens is 1060 g/mol. The van der Waals surface area contributed by atoms with Crippen LogP contribution in [0, 0.1) is 5.92 Å². The number of likely N-dealkylation sites (N-methyl/N-ethyl adjacent to an activating group) is 1. The van der Waals surface area contributed by atoms with Crippen molar-refractivity contribution < 1.29 is 97.2 Å². The number of nitrogens with one attached hydrogen (secondary N) is 5. The summed E-state index contributed by atoms with van der Waals surface area (Å²) in [5.41, 5.74) is 0. The monoisotopic (exact) mass is 1160 g/mol. The Morgan fingerprint density at radius 1 is 0.395 bits per heavy atom. The Bertz CT molecular complexity index is 1800. The number of amides is 4. The van der Waals surface area contributed by atoms with Crippen LogP contribution in [-0.2, 0) is 71.7 Å². The summed E-state index contributed by atoms with van der Waals surface area (Å²) in [7, 11) is 1.65. The summed E-state index contributed by atoms with van der Waals surface area (Å²) in [6.07, 6.45) is 14.8. The predicted octanol–water partition coefficient (Wildman–Crippen LogP) is 4.06. The average molecular weight is 1160 g/mol. The first-order valence-electron chi connectivity index (χ1n) is 28.6. The molecule has 0 bridgehead atoms. The van der Waals surface area contributed by atoms with Crippen LogP contribution in [0.3, 0.4) is 0 Å². The first-order chi connectivity index (χ1) is 38.4. The van der Waals surface area contributed by atoms with Crippen molar-refractivity contribution in [3.8, 4) is 0 Å². The van der Waals surface area contributed by atoms with Gasteiger partial charge in [0.1, 0.15) is 37.7 Å². The number of carboxylic acid groups (broad SMARTS) is 4. The standard InChI is InChI=1S/C55H95N5O20.CH4/c1-56-44(47(64)38-61)20-16-17-29-57-51(68)40-80-36-33-77-31-18-19-43(63)39-79-35-34-78-32-30-58-48(65)27-23-41(53(71)72)37-42(62)24-25-45(54(73)74)60-50(67)28-26-46(55(75)76)59-49(66)21-14-12-10-8-6-4-2-3-5-7-9-11-13-15-22-52(69)70;/h41,44-46,56,61H,2-40H2,1H3,(H,57,68)(H,58,65)(H,59,66)(H,60,67)(H,69,70)(H,71,72)(H,73,74)(H,75,76);1H4/t41-,44+,45+,46+;/m1./s1. The maximum absolute atomic E-state index is 12.7. The second kappa shape index (κ2) is 52.6. The van der Waals surface area contributed by atoms with Crippen LogP contribution in [0.1, 0.15) is 187 Å². The molecule has 0 radical (unpaired) electrons. The van der Waals surface area contributed by atoms with Gasteiger partial charge in [-0.1, -0.05) is 84.5 Å². The van der Waals surface area contributed by atoms with Crippen LogP contribution in [0.2, 0.25) is 0 Å². The van der Waals surface area contributed by atoms with E-state index >= 15 is 0 Å². The van der Waals surface area contributed by atoms with Crippen LogP contribution < -0.4 is 26.6 Å². The fraction of sp³-hybridized carbons (Fsp3) is 0.804. The lowest BCUT2D eigenvalue weighted by Gasteiger charge is -2.17. The molecule has 0 spiro atoms. The van der Waals surface area contributed by atoms with Gasteiger partial charge in [-0.15, -0.1) is 0 Å². The minimum Gasteiger partial charge on any atom is -0.481 e. The molecule has 0 aliphatic carbocycles. The number of aliphatic hydroxyl groups is 1. The summed E-state index contributed by atoms with van der Waals surface area (Å²) in [6.45, 7) is 0.914. The van der Waals surface area contributed by atoms with Gasteiger partial charge in [0.25, 0.3) is 0 Å². The lowest BCUT2D eigenvalue weighted by atomic mass is 9.94. The van der Waals surface area contributed by atoms with E-state index < -0.39 is 97.3 Å². The topological polar surface area (TPSA) is 386 Å². The van der Waals surface area contributed by atoms with Crippen molar-refractivity contribution in [2.24, 2.45) is 5.92 Å². The molecule has 10 N–H and O–H groups in total. The molecule has 0 aromatic heterocycles. The fourth-order valence-electron chi connectivity index (χ4n) is 8.22. The molecule has 0 saturated carbocycles. The average Bonchev–Trinajstić information content (AvgIpc) is 3.41. The molecule has 0 aromatic rings. The first kappa shape index (κ1) is 77.6. The van der Waals surface area contributed by atoms with Crippen molar-refractivity contribution in [3.05, 3.63) is 0 Å². The Kier molecular flexibility index (Phi) is 50.4. The van der Waals surface area contributed by atoms with Gasteiger partial charge in [-0.25, -0.2) is 9.59 Å². The number of ether oxygens (including phenoxy) is 4. The molecule has 4 atom stereocenters. The number of carboxylic acids is 4. The number of aliphatic carboxylic acids is 4. The highest BCUT2D eigenvalue weighted by atomic mass is 16.5. The molecule has 0 unspecified atom stereocenters. The van der Waals surface area contributed by atoms with Crippen molar-refractivity contribution in [1.82, 2.24) is 26.6 Å². The zero-order valence-electron chi connectivity index (χ0n) is 47.2. The zero-order valence-corrected chi connectivity index (χ0v) is 47.2. The Balaban J connectivity index is 0. The van der Waals surface area contributed by atoms with E-state index in [-0.39, 0.29) is 123 Å². The summed E-state index contributed by atoms with van der Waals surface area (Å²) < 4.78 is 21.4. The number of carbonyl (C=O) groups is 11. The van der Waals surface area contributed by atoms with Crippen LogP contribution in [0.25, 0.3) is 0 Å². The molecule has 0 aliphatic heterocycles. The molecule has 81 heavy (non-hydrogen) atoms. The third kappa shape index (κ3) is 47.8. The Morgan fingerprint density at radius 2 is 0.877 bits per heavy atom. The molecule has 468 valence electrons. The van der Waals surface area contributed by atoms with E-state index in [4.69, 9.17) is 29.2 Å². The third-order valence-electron chi connectivity index (χ3n) is 12.9. The van der Waals surface area contributed by atoms with E-state index in [1.165, 1.54) is 19.3 Å². The largest absolute Gasteiger partial charge is 0.481 e. The third-order valence-corrected chi connectivity index (χ3v) is 12.9. The van der Waals surface area contributed by atoms with Crippen LogP contribution in [0.4, 0.5) is 0 Å². The van der Waals surface area contributed by atoms with Gasteiger partial charge in [-0.05, 0) is 64.8 Å². The maximum atomic E-state index is 12.7. The van der Waals surface area contributed by atoms with Crippen molar-refractivity contribution >= 4 is 64.9 Å². The molecule has 25 nitrogen and oxygen atoms in total. The molecule has 0 saturated heterocycles. The number of carbonyl (C=O) groups excluding carboxylic acids is 7. The van der Waals surface area contributed by atoms with Gasteiger partial charge in [0.2, 0.25) is 23.6 Å². The van der Waals surface area contributed by atoms with Gasteiger partial charge in [-0.2, -0.15) is 0 Å². The van der Waals surface area contributed by atoms with Gasteiger partial charge in [-0.3, -0.25) is 43.2 Å². The first-order valence-corrected chi connectivity index (χ1v) is 28.6. The Labute approximate surface area is 478 Å². The molecule has 0 aromatic carbocycles. The van der Waals surface area contributed by atoms with Gasteiger partial charge in [0.15, 0.2) is 11.6 Å². The van der Waals surface area contributed by atoms with Gasteiger partial charge < -0.3 is 71.1 Å². The highest BCUT2D eigenvalue weighted by molar-refractivity contribution is 5.88. The lowest BCUT2D eigenvalue weighted by Crippen LogP contribution is -2.44. The fourth-order valence-corrected chi connectivity index (χ4v) is 8.22. The van der Waals surface area contributed by atoms with E-state index in [0.29, 0.717) is 45.3 Å². The number of Topliss-reactive ketones (excluding diaryl/α,β-unsaturated/α-hetero) is 3. The molecular formula is C56H99N5O20. The quantitative estimate of drug-likeness (QED) is 0.0384. The van der Waals surface area contributed by atoms with E-state index in [1.807, 2.05) is 0 Å². The summed E-state index contributed by atoms with van der Waals surface area (Å²) in [5.74, 6) is -9.15. The van der Waals surface area contributed by atoms with Crippen LogP contribution in [0.15, 0.2) is 0 Å². The summed E-state index contributed by atoms with van der Waals surface area (Å²) >= 11 is 0. The second-order valence-electron chi connectivity index (χ2n) is 19.8. The highest BCUT2D eigenvalue weighted by Crippen LogP contribution is 2.17. The normalized spacial score (nSPS) is 12.5. The number of rotatable bonds is 58. The number of unbranched alkanes of at least 4 members (excludes halogenated alkanes) is 14. The number of ketones is 3. The van der Waals surface area contributed by atoms with Crippen LogP contribution in [-0.4, -0.2) is 188 Å². The van der Waals surface area contributed by atoms with E-state index in [0.717, 1.165) is 64.2 Å². The van der Waals surface area contributed by atoms with Gasteiger partial charge >= 0.3 is 23.9 Å². The Morgan fingerprint density at radius 3 is 1.41 bits per heavy atom. The molecule has 4 amide bonds. The molecule has 25 heteroatoms. The molecule has 0 aliphatic rings. The van der Waals surface area contributed by atoms with Gasteiger partial charge in [0, 0.05) is 64.6 Å². The highest BCUT2D eigenvalue weighted by Gasteiger charge is 2.27. The van der Waals surface area contributed by atoms with Crippen LogP contribution in [0.5, 0.6) is 0 Å². The predicted molar refractivity (Wildman–Crippen MR) is 298 cm³/mol. The smallest absolute Gasteiger partial charge is 0.326 e. The summed E-state index contributed by atoms with van der Waals surface area (Å²) in [6, 6.07) is -3.31. The maximum Gasteiger partial charge on any atom is 0.326 e. The van der Waals surface area contributed by atoms with Crippen LogP contribution >= 0.6 is 0 Å².